The quantitative estimate of drug-likeness (QED) is 0.257. The van der Waals surface area contributed by atoms with Crippen molar-refractivity contribution in [2.75, 3.05) is 19.7 Å². The Morgan fingerprint density at radius 2 is 1.85 bits per heavy atom. The van der Waals surface area contributed by atoms with E-state index in [9.17, 15) is 20.5 Å². The molecule has 0 bridgehead atoms. The summed E-state index contributed by atoms with van der Waals surface area (Å²) in [5.41, 5.74) is 0. The molecule has 10 nitrogen and oxygen atoms in total. The number of aliphatic hydroxyl groups excluding tert-OH is 4. The molecule has 0 saturated carbocycles. The third kappa shape index (κ3) is 3.10. The maximum Gasteiger partial charge on any atom is 0.262 e. The van der Waals surface area contributed by atoms with E-state index < -0.39 is 37.3 Å². The molecule has 2 fully saturated rings. The Morgan fingerprint density at radius 3 is 2.45 bits per heavy atom. The van der Waals surface area contributed by atoms with Gasteiger partial charge in [0.15, 0.2) is 0 Å². The van der Waals surface area contributed by atoms with Crippen molar-refractivity contribution in [1.29, 1.82) is 0 Å². The van der Waals surface area contributed by atoms with Gasteiger partial charge in [-0.25, -0.2) is 0 Å². The Labute approximate surface area is 115 Å². The number of aliphatic hydroxyl groups is 4. The van der Waals surface area contributed by atoms with E-state index in [1.807, 2.05) is 0 Å². The average molecular weight is 293 g/mol. The first-order chi connectivity index (χ1) is 9.54. The van der Waals surface area contributed by atoms with Crippen molar-refractivity contribution < 1.29 is 35.0 Å². The highest BCUT2D eigenvalue weighted by Crippen LogP contribution is 2.22. The molecule has 2 aliphatic rings. The van der Waals surface area contributed by atoms with Crippen LogP contribution in [0.1, 0.15) is 12.8 Å². The summed E-state index contributed by atoms with van der Waals surface area (Å²) in [6.45, 7) is 0.550. The van der Waals surface area contributed by atoms with Gasteiger partial charge in [-0.05, 0) is 12.8 Å². The van der Waals surface area contributed by atoms with E-state index in [4.69, 9.17) is 14.7 Å². The minimum atomic E-state index is -1.58. The van der Waals surface area contributed by atoms with Crippen LogP contribution in [0.5, 0.6) is 0 Å². The van der Waals surface area contributed by atoms with Gasteiger partial charge in [0.05, 0.1) is 24.7 Å². The van der Waals surface area contributed by atoms with Crippen LogP contribution in [0.15, 0.2) is 5.28 Å². The molecule has 0 radical (unpaired) electrons. The minimum Gasteiger partial charge on any atom is -0.569 e. The summed E-state index contributed by atoms with van der Waals surface area (Å²) in [7, 11) is 0. The molecule has 5 atom stereocenters. The molecular weight excluding hydrogens is 274 g/mol. The Hall–Kier alpha value is -1.20. The van der Waals surface area contributed by atoms with E-state index in [0.717, 1.165) is 12.8 Å². The van der Waals surface area contributed by atoms with Crippen LogP contribution in [0.3, 0.4) is 0 Å². The maximum absolute atomic E-state index is 11.5. The van der Waals surface area contributed by atoms with E-state index in [2.05, 4.69) is 5.28 Å². The van der Waals surface area contributed by atoms with E-state index in [1.54, 1.807) is 0 Å². The Bertz CT molecular complexity index is 348. The summed E-state index contributed by atoms with van der Waals surface area (Å²) >= 11 is 0. The van der Waals surface area contributed by atoms with Gasteiger partial charge >= 0.3 is 0 Å². The van der Waals surface area contributed by atoms with Crippen LogP contribution >= 0.6 is 0 Å². The second-order valence-electron chi connectivity index (χ2n) is 4.80. The van der Waals surface area contributed by atoms with Crippen molar-refractivity contribution in [1.82, 2.24) is 5.01 Å². The van der Waals surface area contributed by atoms with Gasteiger partial charge in [0, 0.05) is 0 Å². The van der Waals surface area contributed by atoms with Crippen LogP contribution in [-0.2, 0) is 9.57 Å². The minimum absolute atomic E-state index is 0.258. The smallest absolute Gasteiger partial charge is 0.262 e. The molecule has 4 N–H and O–H groups in total. The summed E-state index contributed by atoms with van der Waals surface area (Å²) in [4.78, 5) is 5.02. The summed E-state index contributed by atoms with van der Waals surface area (Å²) in [5.74, 6) is 0. The van der Waals surface area contributed by atoms with Crippen molar-refractivity contribution in [2.24, 2.45) is 5.28 Å². The topological polar surface area (TPSA) is 141 Å². The van der Waals surface area contributed by atoms with Crippen molar-refractivity contribution >= 4 is 0 Å². The highest BCUT2D eigenvalue weighted by atomic mass is 16.8. The van der Waals surface area contributed by atoms with E-state index in [-0.39, 0.29) is 4.97 Å². The van der Waals surface area contributed by atoms with E-state index in [1.165, 1.54) is 5.01 Å². The lowest BCUT2D eigenvalue weighted by atomic mass is 9.99. The molecule has 2 saturated heterocycles. The molecule has 0 aromatic heterocycles. The summed E-state index contributed by atoms with van der Waals surface area (Å²) < 4.78 is 5.03. The van der Waals surface area contributed by atoms with Crippen molar-refractivity contribution in [3.8, 4) is 0 Å². The molecule has 0 aromatic rings. The first-order valence-corrected chi connectivity index (χ1v) is 6.44. The predicted molar refractivity (Wildman–Crippen MR) is 61.7 cm³/mol. The number of ether oxygens (including phenoxy) is 1. The first-order valence-electron chi connectivity index (χ1n) is 6.44. The van der Waals surface area contributed by atoms with Crippen molar-refractivity contribution in [3.05, 3.63) is 5.21 Å². The van der Waals surface area contributed by atoms with E-state index >= 15 is 0 Å². The molecule has 0 amide bonds. The molecule has 2 rings (SSSR count). The molecule has 10 heteroatoms. The fraction of sp³-hybridized carbons (Fsp3) is 1.00. The normalized spacial score (nSPS) is 39.1. The molecule has 2 aliphatic heterocycles. The largest absolute Gasteiger partial charge is 0.569 e. The van der Waals surface area contributed by atoms with Gasteiger partial charge in [0.2, 0.25) is 5.28 Å². The molecule has 0 aliphatic carbocycles. The molecule has 116 valence electrons. The second-order valence-corrected chi connectivity index (χ2v) is 4.80. The highest BCUT2D eigenvalue weighted by Gasteiger charge is 2.45. The maximum atomic E-state index is 11.5. The molecule has 20 heavy (non-hydrogen) atoms. The van der Waals surface area contributed by atoms with Crippen LogP contribution in [0.25, 0.3) is 0 Å². The first kappa shape index (κ1) is 15.2. The molecule has 0 unspecified atom stereocenters. The Morgan fingerprint density at radius 1 is 1.20 bits per heavy atom. The van der Waals surface area contributed by atoms with Gasteiger partial charge in [-0.1, -0.05) is 0 Å². The third-order valence-corrected chi connectivity index (χ3v) is 3.39. The van der Waals surface area contributed by atoms with Crippen molar-refractivity contribution in [2.45, 2.75) is 43.5 Å². The lowest BCUT2D eigenvalue weighted by molar-refractivity contribution is -0.710. The van der Waals surface area contributed by atoms with Crippen LogP contribution < -0.4 is 0 Å². The monoisotopic (exact) mass is 293 g/mol. The molecule has 0 spiro atoms. The Balaban J connectivity index is 1.95. The van der Waals surface area contributed by atoms with Crippen molar-refractivity contribution in [3.63, 3.8) is 0 Å². The molecular formula is C10H19N3O7. The van der Waals surface area contributed by atoms with Gasteiger partial charge in [0.25, 0.3) is 6.29 Å². The average Bonchev–Trinajstić information content (AvgIpc) is 2.98. The predicted octanol–water partition coefficient (Wildman–Crippen LogP) is -2.31. The summed E-state index contributed by atoms with van der Waals surface area (Å²) in [6, 6.07) is 0. The molecule has 2 heterocycles. The van der Waals surface area contributed by atoms with Crippen LogP contribution in [0.2, 0.25) is 0 Å². The fourth-order valence-electron chi connectivity index (χ4n) is 2.16. The van der Waals surface area contributed by atoms with Gasteiger partial charge in [-0.15, -0.1) is 5.01 Å². The van der Waals surface area contributed by atoms with Gasteiger partial charge in [-0.2, -0.15) is 0 Å². The number of nitrogens with zero attached hydrogens (tertiary/aromatic N) is 3. The standard InChI is InChI=1S/C10H19N3O7/c14-5-6-7(15)8(16)9(17)10(19-6)20-11-13(18)12-3-1-2-4-12/h6-10,14-17H,1-5H2/b13-11+/t6-,7+,8+,9-,10+/m1/s1. The zero-order valence-corrected chi connectivity index (χ0v) is 10.8. The van der Waals surface area contributed by atoms with Gasteiger partial charge < -0.3 is 35.2 Å². The SMILES string of the molecule is [O-]/[N+](=N/O[C@@H]1O[C@H](CO)[C@H](O)[C@H](O)[C@H]1O)N1CCCC1. The third-order valence-electron chi connectivity index (χ3n) is 3.39. The lowest BCUT2D eigenvalue weighted by Crippen LogP contribution is -2.58. The highest BCUT2D eigenvalue weighted by molar-refractivity contribution is 4.88. The van der Waals surface area contributed by atoms with Crippen LogP contribution in [0.4, 0.5) is 0 Å². The zero-order chi connectivity index (χ0) is 14.7. The van der Waals surface area contributed by atoms with E-state index in [0.29, 0.717) is 13.1 Å². The Kier molecular flexibility index (Phi) is 4.94. The lowest BCUT2D eigenvalue weighted by Gasteiger charge is -2.37. The van der Waals surface area contributed by atoms with Gasteiger partial charge in [-0.3, -0.25) is 0 Å². The van der Waals surface area contributed by atoms with Crippen LogP contribution in [0, 0.1) is 5.21 Å². The zero-order valence-electron chi connectivity index (χ0n) is 10.8. The number of rotatable bonds is 4. The van der Waals surface area contributed by atoms with Crippen LogP contribution in [-0.4, -0.2) is 80.8 Å². The molecule has 0 aromatic carbocycles. The number of hydrogen-bond donors (Lipinski definition) is 4. The fourth-order valence-corrected chi connectivity index (χ4v) is 2.16. The summed E-state index contributed by atoms with van der Waals surface area (Å²) in [5, 5.41) is 54.0. The summed E-state index contributed by atoms with van der Waals surface area (Å²) in [6.07, 6.45) is -5.39. The number of hydrogen-bond acceptors (Lipinski definition) is 8. The number of hydrazine groups is 1. The second kappa shape index (κ2) is 6.50. The van der Waals surface area contributed by atoms with Gasteiger partial charge in [0.1, 0.15) is 24.4 Å².